The number of phenols is 2. The molecule has 4 aromatic heterocycles. The molecule has 1 atom stereocenters. The molecular formula is C48H49N7O10. The summed E-state index contributed by atoms with van der Waals surface area (Å²) in [5.41, 5.74) is 3.98. The topological polar surface area (TPSA) is 216 Å². The number of hydrogen-bond acceptors (Lipinski definition) is 12. The van der Waals surface area contributed by atoms with Gasteiger partial charge in [-0.2, -0.15) is 5.10 Å². The maximum atomic E-state index is 13.7. The highest BCUT2D eigenvalue weighted by molar-refractivity contribution is 5.90. The van der Waals surface area contributed by atoms with Crippen LogP contribution in [0.2, 0.25) is 0 Å². The Bertz CT molecular complexity index is 3180. The predicted molar refractivity (Wildman–Crippen MR) is 240 cm³/mol. The summed E-state index contributed by atoms with van der Waals surface area (Å²) < 4.78 is 22.2. The van der Waals surface area contributed by atoms with Crippen LogP contribution in [0.15, 0.2) is 76.4 Å². The van der Waals surface area contributed by atoms with Crippen LogP contribution in [0.25, 0.3) is 50.3 Å². The Morgan fingerprint density at radius 2 is 1.82 bits per heavy atom. The Morgan fingerprint density at radius 3 is 2.58 bits per heavy atom. The van der Waals surface area contributed by atoms with Gasteiger partial charge in [0.1, 0.15) is 23.9 Å². The molecule has 4 N–H and O–H groups in total. The number of hydrogen-bond donors (Lipinski definition) is 4. The van der Waals surface area contributed by atoms with Crippen LogP contribution in [0.4, 0.5) is 0 Å². The van der Waals surface area contributed by atoms with E-state index >= 15 is 0 Å². The van der Waals surface area contributed by atoms with Crippen molar-refractivity contribution in [1.82, 2.24) is 33.8 Å². The van der Waals surface area contributed by atoms with E-state index in [2.05, 4.69) is 10.2 Å². The van der Waals surface area contributed by atoms with Gasteiger partial charge < -0.3 is 43.6 Å². The Kier molecular flexibility index (Phi) is 11.1. The number of fused-ring (bicyclic) bond motifs is 6. The molecule has 6 heterocycles. The first-order valence-electron chi connectivity index (χ1n) is 21.6. The number of esters is 1. The number of likely N-dealkylation sites (N-methyl/N-ethyl adjacent to an activating group) is 1. The molecule has 17 nitrogen and oxygen atoms in total. The molecule has 17 heteroatoms. The maximum absolute atomic E-state index is 13.7. The summed E-state index contributed by atoms with van der Waals surface area (Å²) in [6.07, 6.45) is 2.64. The minimum absolute atomic E-state index is 0.0273. The number of carbonyl (C=O) groups excluding carboxylic acids is 2. The number of aromatic hydroxyl groups is 2. The molecule has 0 saturated heterocycles. The molecule has 65 heavy (non-hydrogen) atoms. The lowest BCUT2D eigenvalue weighted by Gasteiger charge is -2.31. The van der Waals surface area contributed by atoms with E-state index in [1.807, 2.05) is 61.9 Å². The third kappa shape index (κ3) is 7.39. The lowest BCUT2D eigenvalue weighted by Crippen LogP contribution is -2.44. The molecule has 0 bridgehead atoms. The number of nitrogens with zero attached hydrogens (tertiary/aromatic N) is 6. The first-order valence-corrected chi connectivity index (χ1v) is 21.6. The zero-order chi connectivity index (χ0) is 45.9. The number of amides is 1. The number of aromatic nitrogens is 6. The fourth-order valence-corrected chi connectivity index (χ4v) is 8.96. The van der Waals surface area contributed by atoms with E-state index in [1.54, 1.807) is 47.7 Å². The van der Waals surface area contributed by atoms with Gasteiger partial charge in [-0.1, -0.05) is 27.7 Å². The van der Waals surface area contributed by atoms with Crippen molar-refractivity contribution >= 4 is 33.7 Å². The van der Waals surface area contributed by atoms with Crippen molar-refractivity contribution in [3.05, 3.63) is 116 Å². The molecule has 0 unspecified atom stereocenters. The number of aryl methyl sites for hydroxylation is 1. The van der Waals surface area contributed by atoms with E-state index in [9.17, 15) is 34.5 Å². The van der Waals surface area contributed by atoms with E-state index in [0.29, 0.717) is 72.2 Å². The van der Waals surface area contributed by atoms with Gasteiger partial charge in [-0.05, 0) is 84.5 Å². The van der Waals surface area contributed by atoms with Crippen LogP contribution in [-0.4, -0.2) is 94.4 Å². The van der Waals surface area contributed by atoms with Gasteiger partial charge in [-0.15, -0.1) is 0 Å². The molecule has 9 rings (SSSR count). The molecule has 336 valence electrons. The normalized spacial score (nSPS) is 15.3. The van der Waals surface area contributed by atoms with Crippen LogP contribution in [0, 0.1) is 0 Å². The fraction of sp³-hybridized carbons (Fsp3) is 0.333. The molecule has 0 radical (unpaired) electrons. The van der Waals surface area contributed by atoms with Crippen LogP contribution in [0.1, 0.15) is 67.9 Å². The number of H-pyrrole nitrogens is 1. The van der Waals surface area contributed by atoms with Gasteiger partial charge >= 0.3 is 11.7 Å². The number of aromatic amines is 1. The zero-order valence-electron chi connectivity index (χ0n) is 36.7. The summed E-state index contributed by atoms with van der Waals surface area (Å²) in [5, 5.41) is 40.7. The number of cyclic esters (lactones) is 1. The quantitative estimate of drug-likeness (QED) is 0.0817. The SMILES string of the molecule is CCc1c2c(nc3ccc(OCC(=O)N(C)CCOCCn4ccc5cc(-n6c(-c7cc(C(C)C)c(O)cc7O)n[nH]c6=O)ccc54)cc13)-c1cc3c(c(=O)n1C2)COC(=O)[C@@]3(O)CC. The smallest absolute Gasteiger partial charge is 0.348 e. The molecule has 3 aromatic carbocycles. The van der Waals surface area contributed by atoms with Crippen molar-refractivity contribution in [1.29, 1.82) is 0 Å². The molecule has 0 aliphatic carbocycles. The van der Waals surface area contributed by atoms with Crippen LogP contribution in [-0.2, 0) is 50.8 Å². The predicted octanol–water partition coefficient (Wildman–Crippen LogP) is 5.23. The lowest BCUT2D eigenvalue weighted by molar-refractivity contribution is -0.172. The Labute approximate surface area is 372 Å². The van der Waals surface area contributed by atoms with E-state index in [4.69, 9.17) is 19.2 Å². The minimum atomic E-state index is -1.91. The number of pyridine rings is 2. The van der Waals surface area contributed by atoms with Crippen LogP contribution in [0.5, 0.6) is 17.2 Å². The van der Waals surface area contributed by atoms with Crippen LogP contribution < -0.4 is 16.0 Å². The van der Waals surface area contributed by atoms with E-state index < -0.39 is 17.3 Å². The van der Waals surface area contributed by atoms with E-state index in [-0.39, 0.29) is 72.0 Å². The van der Waals surface area contributed by atoms with E-state index in [0.717, 1.165) is 27.4 Å². The largest absolute Gasteiger partial charge is 0.508 e. The lowest BCUT2D eigenvalue weighted by atomic mass is 9.86. The van der Waals surface area contributed by atoms with Gasteiger partial charge in [0, 0.05) is 59.8 Å². The number of benzene rings is 3. The molecular weight excluding hydrogens is 835 g/mol. The molecule has 2 aliphatic heterocycles. The van der Waals surface area contributed by atoms with Crippen molar-refractivity contribution < 1.29 is 39.1 Å². The second kappa shape index (κ2) is 16.7. The molecule has 7 aromatic rings. The summed E-state index contributed by atoms with van der Waals surface area (Å²) in [4.78, 5) is 58.9. The summed E-state index contributed by atoms with van der Waals surface area (Å²) in [6.45, 7) is 9.04. The molecule has 2 aliphatic rings. The van der Waals surface area contributed by atoms with Gasteiger partial charge in [0.2, 0.25) is 0 Å². The monoisotopic (exact) mass is 883 g/mol. The number of ether oxygens (including phenoxy) is 3. The van der Waals surface area contributed by atoms with Crippen molar-refractivity contribution in [2.24, 2.45) is 0 Å². The molecule has 0 saturated carbocycles. The fourth-order valence-electron chi connectivity index (χ4n) is 8.96. The van der Waals surface area contributed by atoms with E-state index in [1.165, 1.54) is 10.6 Å². The maximum Gasteiger partial charge on any atom is 0.348 e. The van der Waals surface area contributed by atoms with Gasteiger partial charge in [0.15, 0.2) is 18.0 Å². The molecule has 0 fully saturated rings. The van der Waals surface area contributed by atoms with Crippen LogP contribution >= 0.6 is 0 Å². The number of rotatable bonds is 14. The second-order valence-corrected chi connectivity index (χ2v) is 16.8. The number of carbonyl (C=O) groups is 2. The van der Waals surface area contributed by atoms with Gasteiger partial charge in [0.25, 0.3) is 11.5 Å². The molecule has 1 amide bonds. The molecule has 0 spiro atoms. The van der Waals surface area contributed by atoms with Gasteiger partial charge in [-0.3, -0.25) is 9.59 Å². The Balaban J connectivity index is 0.805. The number of nitrogens with one attached hydrogen (secondary N) is 1. The highest BCUT2D eigenvalue weighted by atomic mass is 16.6. The third-order valence-electron chi connectivity index (χ3n) is 12.7. The summed E-state index contributed by atoms with van der Waals surface area (Å²) in [5.74, 6) is -0.531. The van der Waals surface area contributed by atoms with Crippen molar-refractivity contribution in [3.8, 4) is 45.7 Å². The Morgan fingerprint density at radius 1 is 1.00 bits per heavy atom. The van der Waals surface area contributed by atoms with Crippen LogP contribution in [0.3, 0.4) is 0 Å². The van der Waals surface area contributed by atoms with Crippen molar-refractivity contribution in [2.75, 3.05) is 33.4 Å². The van der Waals surface area contributed by atoms with Gasteiger partial charge in [0.05, 0.1) is 53.5 Å². The number of aliphatic hydroxyl groups is 1. The summed E-state index contributed by atoms with van der Waals surface area (Å²) >= 11 is 0. The van der Waals surface area contributed by atoms with Crippen molar-refractivity contribution in [3.63, 3.8) is 0 Å². The summed E-state index contributed by atoms with van der Waals surface area (Å²) in [6, 6.07) is 17.6. The highest BCUT2D eigenvalue weighted by Gasteiger charge is 2.45. The number of phenolic OH excluding ortho intramolecular Hbond substituents is 2. The standard InChI is InChI=1S/C48H49N7O10/c1-6-30-32-19-29(9-10-37(32)49-43-34(30)23-54-39(43)21-36-35(45(54)59)24-65-46(60)48(36,62)7-2)64-25-42(58)52(5)14-16-63-17-15-53-13-12-27-18-28(8-11-38(27)53)55-44(50-51-47(55)61)33-20-31(26(3)4)40(56)22-41(33)57/h8-13,18-22,26,56-57,62H,6-7,14-17,23-25H2,1-5H3,(H,51,61)/t48-/m1/s1. The highest BCUT2D eigenvalue weighted by Crippen LogP contribution is 2.41. The average Bonchev–Trinajstić information content (AvgIpc) is 4.00. The first-order chi connectivity index (χ1) is 31.2. The third-order valence-corrected chi connectivity index (χ3v) is 12.7. The van der Waals surface area contributed by atoms with Crippen molar-refractivity contribution in [2.45, 2.75) is 71.8 Å². The average molecular weight is 884 g/mol. The Hall–Kier alpha value is -7.24. The summed E-state index contributed by atoms with van der Waals surface area (Å²) in [7, 11) is 1.69. The first kappa shape index (κ1) is 43.0. The minimum Gasteiger partial charge on any atom is -0.508 e. The zero-order valence-corrected chi connectivity index (χ0v) is 36.7. The second-order valence-electron chi connectivity index (χ2n) is 16.8. The van der Waals surface area contributed by atoms with Gasteiger partial charge in [-0.25, -0.2) is 24.2 Å².